The van der Waals surface area contributed by atoms with Gasteiger partial charge in [-0.25, -0.2) is 4.99 Å². The van der Waals surface area contributed by atoms with Crippen molar-refractivity contribution >= 4 is 28.6 Å². The molecule has 2 atom stereocenters. The molecular weight excluding hydrogens is 430 g/mol. The highest BCUT2D eigenvalue weighted by Gasteiger charge is 2.45. The van der Waals surface area contributed by atoms with Gasteiger partial charge in [-0.2, -0.15) is 5.26 Å². The summed E-state index contributed by atoms with van der Waals surface area (Å²) in [5.74, 6) is 0.515. The van der Waals surface area contributed by atoms with Gasteiger partial charge in [0, 0.05) is 46.4 Å². The first-order valence-corrected chi connectivity index (χ1v) is 11.6. The third-order valence-electron chi connectivity index (χ3n) is 6.51. The van der Waals surface area contributed by atoms with Gasteiger partial charge in [0.15, 0.2) is 11.6 Å². The molecule has 6 rings (SSSR count). The number of carbonyl (C=O) groups is 1. The summed E-state index contributed by atoms with van der Waals surface area (Å²) in [6, 6.07) is 18.0. The quantitative estimate of drug-likeness (QED) is 0.617. The molecule has 0 radical (unpaired) electrons. The molecule has 1 aromatic carbocycles. The molecule has 0 amide bonds. The number of nitriles is 1. The number of hydrogen-bond acceptors (Lipinski definition) is 7. The summed E-state index contributed by atoms with van der Waals surface area (Å²) >= 11 is 1.67. The third-order valence-corrected chi connectivity index (χ3v) is 7.55. The van der Waals surface area contributed by atoms with Crippen molar-refractivity contribution < 1.29 is 4.79 Å². The van der Waals surface area contributed by atoms with Gasteiger partial charge in [-0.05, 0) is 41.6 Å². The first-order valence-electron chi connectivity index (χ1n) is 10.7. The largest absolute Gasteiger partial charge is 0.383 e. The average Bonchev–Trinajstić information content (AvgIpc) is 3.39. The lowest BCUT2D eigenvalue weighted by molar-refractivity contribution is -0.116. The van der Waals surface area contributed by atoms with Crippen molar-refractivity contribution in [3.05, 3.63) is 105 Å². The zero-order valence-electron chi connectivity index (χ0n) is 17.6. The molecule has 0 saturated heterocycles. The summed E-state index contributed by atoms with van der Waals surface area (Å²) in [4.78, 5) is 25.9. The van der Waals surface area contributed by atoms with Crippen LogP contribution in [0.5, 0.6) is 0 Å². The van der Waals surface area contributed by atoms with Crippen LogP contribution >= 0.6 is 11.3 Å². The molecule has 0 unspecified atom stereocenters. The first-order chi connectivity index (χ1) is 16.2. The zero-order chi connectivity index (χ0) is 22.5. The Labute approximate surface area is 195 Å². The van der Waals surface area contributed by atoms with Gasteiger partial charge in [0.05, 0.1) is 23.2 Å². The van der Waals surface area contributed by atoms with E-state index in [0.717, 1.165) is 22.5 Å². The number of ketones is 1. The molecule has 7 heteroatoms. The van der Waals surface area contributed by atoms with Gasteiger partial charge in [-0.1, -0.05) is 24.3 Å². The maximum Gasteiger partial charge on any atom is 0.162 e. The minimum atomic E-state index is -0.511. The molecular formula is C26H19N5OS. The second kappa shape index (κ2) is 7.54. The highest BCUT2D eigenvalue weighted by Crippen LogP contribution is 2.51. The van der Waals surface area contributed by atoms with Crippen LogP contribution in [0.25, 0.3) is 0 Å². The number of allylic oxidation sites excluding steroid dienone is 3. The standard InChI is InChI=1S/C26H19N5OS/c27-13-18-23(15-5-3-9-29-14-15)24-20(11-16(12-21(24)32)22-8-4-10-33-22)31-19-7-2-1-6-17(19)25(28)30-26(18)31/h1-10,14,16,23H,11-12H2,(H2,28,30)/t16-,23-/m0/s1. The minimum absolute atomic E-state index is 0.0651. The Kier molecular flexibility index (Phi) is 4.49. The molecule has 2 aliphatic heterocycles. The van der Waals surface area contributed by atoms with Crippen LogP contribution < -0.4 is 10.6 Å². The molecule has 3 aliphatic rings. The molecule has 1 aliphatic carbocycles. The molecule has 3 aromatic rings. The SMILES string of the molecule is N#CC1=C2N=C(N)c3ccccc3N2C2=C(C(=O)C[C@@H](c3cccs3)C2)[C@H]1c1cccnc1. The van der Waals surface area contributed by atoms with E-state index in [1.54, 1.807) is 23.7 Å². The van der Waals surface area contributed by atoms with E-state index in [-0.39, 0.29) is 11.7 Å². The van der Waals surface area contributed by atoms with E-state index < -0.39 is 5.92 Å². The fraction of sp³-hybridized carbons (Fsp3) is 0.154. The Morgan fingerprint density at radius 1 is 1.12 bits per heavy atom. The van der Waals surface area contributed by atoms with Crippen molar-refractivity contribution in [2.75, 3.05) is 4.90 Å². The highest BCUT2D eigenvalue weighted by molar-refractivity contribution is 7.10. The van der Waals surface area contributed by atoms with Crippen LogP contribution in [0.1, 0.15) is 40.7 Å². The van der Waals surface area contributed by atoms with Crippen LogP contribution in [0.2, 0.25) is 0 Å². The molecule has 6 nitrogen and oxygen atoms in total. The van der Waals surface area contributed by atoms with Crippen LogP contribution in [-0.2, 0) is 4.79 Å². The molecule has 160 valence electrons. The average molecular weight is 450 g/mol. The number of rotatable bonds is 2. The number of aliphatic imine (C=N–C) groups is 1. The number of benzene rings is 1. The molecule has 0 spiro atoms. The van der Waals surface area contributed by atoms with Crippen LogP contribution in [0.15, 0.2) is 94.0 Å². The number of para-hydroxylation sites is 1. The predicted molar refractivity (Wildman–Crippen MR) is 128 cm³/mol. The smallest absolute Gasteiger partial charge is 0.162 e. The topological polar surface area (TPSA) is 95.4 Å². The summed E-state index contributed by atoms with van der Waals surface area (Å²) in [6.07, 6.45) is 4.52. The Hall–Kier alpha value is -4.02. The molecule has 2 aromatic heterocycles. The fourth-order valence-electron chi connectivity index (χ4n) is 5.12. The Balaban J connectivity index is 1.63. The van der Waals surface area contributed by atoms with E-state index in [2.05, 4.69) is 17.1 Å². The van der Waals surface area contributed by atoms with Crippen LogP contribution in [0.3, 0.4) is 0 Å². The Morgan fingerprint density at radius 2 is 2.00 bits per heavy atom. The number of anilines is 1. The minimum Gasteiger partial charge on any atom is -0.383 e. The van der Waals surface area contributed by atoms with Crippen molar-refractivity contribution in [3.8, 4) is 6.07 Å². The van der Waals surface area contributed by atoms with Gasteiger partial charge in [0.25, 0.3) is 0 Å². The normalized spacial score (nSPS) is 21.7. The van der Waals surface area contributed by atoms with Crippen LogP contribution in [0.4, 0.5) is 5.69 Å². The molecule has 33 heavy (non-hydrogen) atoms. The maximum atomic E-state index is 13.7. The molecule has 0 fully saturated rings. The van der Waals surface area contributed by atoms with Gasteiger partial charge in [0.1, 0.15) is 5.84 Å². The van der Waals surface area contributed by atoms with Crippen molar-refractivity contribution in [2.45, 2.75) is 24.7 Å². The fourth-order valence-corrected chi connectivity index (χ4v) is 5.95. The number of Topliss-reactive ketones (excluding diaryl/α,β-unsaturated/α-hetero) is 1. The van der Waals surface area contributed by atoms with Crippen molar-refractivity contribution in [2.24, 2.45) is 10.7 Å². The van der Waals surface area contributed by atoms with Gasteiger partial charge >= 0.3 is 0 Å². The number of aromatic nitrogens is 1. The summed E-state index contributed by atoms with van der Waals surface area (Å²) < 4.78 is 0. The summed E-state index contributed by atoms with van der Waals surface area (Å²) in [5, 5.41) is 12.3. The van der Waals surface area contributed by atoms with Crippen molar-refractivity contribution in [3.63, 3.8) is 0 Å². The summed E-state index contributed by atoms with van der Waals surface area (Å²) in [6.45, 7) is 0. The lowest BCUT2D eigenvalue weighted by Gasteiger charge is -2.43. The van der Waals surface area contributed by atoms with E-state index in [1.807, 2.05) is 52.7 Å². The number of amidine groups is 1. The van der Waals surface area contributed by atoms with Crippen molar-refractivity contribution in [1.82, 2.24) is 4.98 Å². The number of carbonyl (C=O) groups excluding carboxylic acids is 1. The number of pyridine rings is 1. The van der Waals surface area contributed by atoms with E-state index in [1.165, 1.54) is 4.88 Å². The molecule has 4 heterocycles. The third kappa shape index (κ3) is 2.95. The van der Waals surface area contributed by atoms with Gasteiger partial charge < -0.3 is 5.73 Å². The van der Waals surface area contributed by atoms with E-state index in [0.29, 0.717) is 35.6 Å². The predicted octanol–water partition coefficient (Wildman–Crippen LogP) is 4.60. The second-order valence-electron chi connectivity index (χ2n) is 8.32. The monoisotopic (exact) mass is 449 g/mol. The van der Waals surface area contributed by atoms with Gasteiger partial charge in [0.2, 0.25) is 0 Å². The van der Waals surface area contributed by atoms with Gasteiger partial charge in [-0.3, -0.25) is 14.7 Å². The molecule has 0 saturated carbocycles. The van der Waals surface area contributed by atoms with Crippen LogP contribution in [-0.4, -0.2) is 16.6 Å². The zero-order valence-corrected chi connectivity index (χ0v) is 18.4. The Bertz CT molecular complexity index is 1410. The van der Waals surface area contributed by atoms with Gasteiger partial charge in [-0.15, -0.1) is 11.3 Å². The van der Waals surface area contributed by atoms with E-state index in [4.69, 9.17) is 10.7 Å². The summed E-state index contributed by atoms with van der Waals surface area (Å²) in [7, 11) is 0. The number of fused-ring (bicyclic) bond motifs is 4. The second-order valence-corrected chi connectivity index (χ2v) is 9.30. The van der Waals surface area contributed by atoms with Crippen molar-refractivity contribution in [1.29, 1.82) is 5.26 Å². The lowest BCUT2D eigenvalue weighted by Crippen LogP contribution is -2.40. The number of hydrogen-bond donors (Lipinski definition) is 1. The molecule has 2 N–H and O–H groups in total. The number of nitrogens with two attached hydrogens (primary N) is 1. The van der Waals surface area contributed by atoms with E-state index in [9.17, 15) is 10.1 Å². The van der Waals surface area contributed by atoms with E-state index >= 15 is 0 Å². The number of nitrogens with zero attached hydrogens (tertiary/aromatic N) is 4. The lowest BCUT2D eigenvalue weighted by atomic mass is 9.73. The van der Waals surface area contributed by atoms with Crippen LogP contribution in [0, 0.1) is 11.3 Å². The summed E-state index contributed by atoms with van der Waals surface area (Å²) in [5.41, 5.74) is 10.8. The number of thiophene rings is 1. The first kappa shape index (κ1) is 19.6. The highest BCUT2D eigenvalue weighted by atomic mass is 32.1. The molecule has 0 bridgehead atoms. The Morgan fingerprint density at radius 3 is 2.76 bits per heavy atom. The maximum absolute atomic E-state index is 13.7.